The van der Waals surface area contributed by atoms with Crippen molar-refractivity contribution in [3.05, 3.63) is 65.4 Å². The van der Waals surface area contributed by atoms with Crippen molar-refractivity contribution in [1.82, 2.24) is 10.3 Å². The molecule has 1 aromatic heterocycles. The van der Waals surface area contributed by atoms with Gasteiger partial charge in [0.1, 0.15) is 28.9 Å². The highest BCUT2D eigenvalue weighted by atomic mass is 32.1. The van der Waals surface area contributed by atoms with E-state index < -0.39 is 0 Å². The summed E-state index contributed by atoms with van der Waals surface area (Å²) in [6, 6.07) is 13.9. The first-order chi connectivity index (χ1) is 12.2. The second-order valence-electron chi connectivity index (χ2n) is 5.35. The van der Waals surface area contributed by atoms with E-state index in [2.05, 4.69) is 10.3 Å². The largest absolute Gasteiger partial charge is 0.497 e. The predicted molar refractivity (Wildman–Crippen MR) is 97.7 cm³/mol. The van der Waals surface area contributed by atoms with Crippen molar-refractivity contribution in [1.29, 1.82) is 0 Å². The van der Waals surface area contributed by atoms with E-state index in [1.165, 1.54) is 12.1 Å². The van der Waals surface area contributed by atoms with E-state index in [1.54, 1.807) is 30.6 Å². The Labute approximate surface area is 150 Å². The second kappa shape index (κ2) is 8.60. The molecule has 0 aliphatic heterocycles. The van der Waals surface area contributed by atoms with Gasteiger partial charge in [-0.1, -0.05) is 0 Å². The van der Waals surface area contributed by atoms with Crippen LogP contribution >= 0.6 is 11.3 Å². The van der Waals surface area contributed by atoms with Gasteiger partial charge in [0.25, 0.3) is 0 Å². The van der Waals surface area contributed by atoms with Crippen LogP contribution in [0, 0.1) is 5.82 Å². The summed E-state index contributed by atoms with van der Waals surface area (Å²) in [5, 5.41) is 6.21. The van der Waals surface area contributed by atoms with Crippen LogP contribution in [0.5, 0.6) is 11.5 Å². The molecule has 3 rings (SSSR count). The van der Waals surface area contributed by atoms with Gasteiger partial charge in [-0.2, -0.15) is 0 Å². The molecular weight excluding hydrogens is 339 g/mol. The molecule has 4 nitrogen and oxygen atoms in total. The number of nitrogens with one attached hydrogen (secondary N) is 1. The minimum absolute atomic E-state index is 0.237. The Hall–Kier alpha value is -2.44. The zero-order chi connectivity index (χ0) is 17.5. The van der Waals surface area contributed by atoms with Gasteiger partial charge in [-0.3, -0.25) is 0 Å². The molecule has 0 aliphatic rings. The van der Waals surface area contributed by atoms with Gasteiger partial charge in [-0.15, -0.1) is 11.3 Å². The third-order valence-electron chi connectivity index (χ3n) is 3.56. The maximum atomic E-state index is 13.0. The van der Waals surface area contributed by atoms with Crippen LogP contribution in [-0.2, 0) is 6.54 Å². The number of thiazole rings is 1. The first-order valence-corrected chi connectivity index (χ1v) is 8.80. The first kappa shape index (κ1) is 17.4. The summed E-state index contributed by atoms with van der Waals surface area (Å²) in [5.74, 6) is 1.39. The molecule has 0 saturated carbocycles. The molecule has 6 heteroatoms. The molecule has 0 saturated heterocycles. The van der Waals surface area contributed by atoms with Crippen LogP contribution in [0.1, 0.15) is 5.69 Å². The van der Waals surface area contributed by atoms with Crippen LogP contribution in [0.4, 0.5) is 4.39 Å². The Bertz CT molecular complexity index is 788. The Morgan fingerprint density at radius 3 is 2.48 bits per heavy atom. The van der Waals surface area contributed by atoms with Gasteiger partial charge in [0, 0.05) is 24.0 Å². The van der Waals surface area contributed by atoms with E-state index >= 15 is 0 Å². The van der Waals surface area contributed by atoms with Gasteiger partial charge < -0.3 is 14.8 Å². The Morgan fingerprint density at radius 2 is 1.76 bits per heavy atom. The van der Waals surface area contributed by atoms with Crippen LogP contribution in [-0.4, -0.2) is 25.2 Å². The molecule has 0 atom stereocenters. The fraction of sp³-hybridized carbons (Fsp3) is 0.211. The van der Waals surface area contributed by atoms with Crippen molar-refractivity contribution in [3.63, 3.8) is 0 Å². The maximum Gasteiger partial charge on any atom is 0.123 e. The van der Waals surface area contributed by atoms with Crippen molar-refractivity contribution < 1.29 is 13.9 Å². The number of ether oxygens (including phenoxy) is 2. The fourth-order valence-corrected chi connectivity index (χ4v) is 3.07. The SMILES string of the molecule is COc1ccc(OCCNCc2csc(-c3ccc(F)cc3)n2)cc1. The Balaban J connectivity index is 1.41. The molecule has 1 heterocycles. The monoisotopic (exact) mass is 358 g/mol. The van der Waals surface area contributed by atoms with Crippen LogP contribution in [0.15, 0.2) is 53.9 Å². The molecule has 0 fully saturated rings. The molecule has 0 radical (unpaired) electrons. The topological polar surface area (TPSA) is 43.4 Å². The summed E-state index contributed by atoms with van der Waals surface area (Å²) in [6.07, 6.45) is 0. The van der Waals surface area contributed by atoms with Crippen molar-refractivity contribution in [2.75, 3.05) is 20.3 Å². The highest BCUT2D eigenvalue weighted by molar-refractivity contribution is 7.13. The molecule has 0 amide bonds. The number of nitrogens with zero attached hydrogens (tertiary/aromatic N) is 1. The lowest BCUT2D eigenvalue weighted by Crippen LogP contribution is -2.20. The minimum Gasteiger partial charge on any atom is -0.497 e. The fourth-order valence-electron chi connectivity index (χ4n) is 2.24. The van der Waals surface area contributed by atoms with Gasteiger partial charge in [0.05, 0.1) is 12.8 Å². The maximum absolute atomic E-state index is 13.0. The minimum atomic E-state index is -0.237. The van der Waals surface area contributed by atoms with Gasteiger partial charge in [0.15, 0.2) is 0 Å². The number of aromatic nitrogens is 1. The van der Waals surface area contributed by atoms with Crippen molar-refractivity contribution >= 4 is 11.3 Å². The number of halogens is 1. The zero-order valence-corrected chi connectivity index (χ0v) is 14.7. The molecule has 1 N–H and O–H groups in total. The summed E-state index contributed by atoms with van der Waals surface area (Å²) < 4.78 is 23.7. The quantitative estimate of drug-likeness (QED) is 0.615. The van der Waals surface area contributed by atoms with Crippen LogP contribution in [0.25, 0.3) is 10.6 Å². The van der Waals surface area contributed by atoms with E-state index in [0.29, 0.717) is 13.2 Å². The lowest BCUT2D eigenvalue weighted by Gasteiger charge is -2.07. The molecule has 0 unspecified atom stereocenters. The van der Waals surface area contributed by atoms with E-state index in [-0.39, 0.29) is 5.82 Å². The number of benzene rings is 2. The smallest absolute Gasteiger partial charge is 0.123 e. The van der Waals surface area contributed by atoms with Crippen molar-refractivity contribution in [2.24, 2.45) is 0 Å². The molecule has 0 bridgehead atoms. The summed E-state index contributed by atoms with van der Waals surface area (Å²) in [4.78, 5) is 4.56. The van der Waals surface area contributed by atoms with E-state index in [1.807, 2.05) is 29.6 Å². The second-order valence-corrected chi connectivity index (χ2v) is 6.21. The molecule has 0 aliphatic carbocycles. The average molecular weight is 358 g/mol. The van der Waals surface area contributed by atoms with Crippen LogP contribution in [0.3, 0.4) is 0 Å². The van der Waals surface area contributed by atoms with Crippen LogP contribution < -0.4 is 14.8 Å². The van der Waals surface area contributed by atoms with Gasteiger partial charge in [0.2, 0.25) is 0 Å². The Morgan fingerprint density at radius 1 is 1.04 bits per heavy atom. The third kappa shape index (κ3) is 5.01. The highest BCUT2D eigenvalue weighted by Crippen LogP contribution is 2.23. The van der Waals surface area contributed by atoms with E-state index in [0.717, 1.165) is 34.3 Å². The lowest BCUT2D eigenvalue weighted by atomic mass is 10.2. The molecule has 0 spiro atoms. The summed E-state index contributed by atoms with van der Waals surface area (Å²) in [5.41, 5.74) is 1.90. The van der Waals surface area contributed by atoms with Crippen molar-refractivity contribution in [3.8, 4) is 22.1 Å². The summed E-state index contributed by atoms with van der Waals surface area (Å²) in [6.45, 7) is 1.96. The normalized spacial score (nSPS) is 10.6. The third-order valence-corrected chi connectivity index (χ3v) is 4.50. The number of hydrogen-bond acceptors (Lipinski definition) is 5. The molecular formula is C19H19FN2O2S. The van der Waals surface area contributed by atoms with Crippen LogP contribution in [0.2, 0.25) is 0 Å². The highest BCUT2D eigenvalue weighted by Gasteiger charge is 2.05. The summed E-state index contributed by atoms with van der Waals surface area (Å²) in [7, 11) is 1.64. The molecule has 2 aromatic carbocycles. The molecule has 130 valence electrons. The standard InChI is InChI=1S/C19H19FN2O2S/c1-23-17-6-8-18(9-7-17)24-11-10-21-12-16-13-25-19(22-16)14-2-4-15(20)5-3-14/h2-9,13,21H,10-12H2,1H3. The molecule has 3 aromatic rings. The predicted octanol–water partition coefficient (Wildman–Crippen LogP) is 4.13. The van der Waals surface area contributed by atoms with Gasteiger partial charge in [-0.25, -0.2) is 9.37 Å². The van der Waals surface area contributed by atoms with Gasteiger partial charge >= 0.3 is 0 Å². The van der Waals surface area contributed by atoms with E-state index in [4.69, 9.17) is 9.47 Å². The van der Waals surface area contributed by atoms with E-state index in [9.17, 15) is 4.39 Å². The zero-order valence-electron chi connectivity index (χ0n) is 13.9. The number of rotatable bonds is 8. The first-order valence-electron chi connectivity index (χ1n) is 7.92. The van der Waals surface area contributed by atoms with Crippen molar-refractivity contribution in [2.45, 2.75) is 6.54 Å². The van der Waals surface area contributed by atoms with Gasteiger partial charge in [-0.05, 0) is 48.5 Å². The summed E-state index contributed by atoms with van der Waals surface area (Å²) >= 11 is 1.56. The number of hydrogen-bond donors (Lipinski definition) is 1. The molecule has 25 heavy (non-hydrogen) atoms. The Kier molecular flexibility index (Phi) is 5.98. The number of methoxy groups -OCH3 is 1. The average Bonchev–Trinajstić information content (AvgIpc) is 3.11. The lowest BCUT2D eigenvalue weighted by molar-refractivity contribution is 0.312.